The van der Waals surface area contributed by atoms with Crippen LogP contribution in [-0.2, 0) is 26.7 Å². The minimum Gasteiger partial charge on any atom is -0.349 e. The van der Waals surface area contributed by atoms with Gasteiger partial charge in [0.15, 0.2) is 9.84 Å². The fraction of sp³-hybridized carbons (Fsp3) is 0.400. The summed E-state index contributed by atoms with van der Waals surface area (Å²) in [5, 5.41) is 2.86. The topological polar surface area (TPSA) is 76.1 Å². The highest BCUT2D eigenvalue weighted by molar-refractivity contribution is 7.92. The number of nitrogens with zero attached hydrogens (tertiary/aromatic N) is 1. The summed E-state index contributed by atoms with van der Waals surface area (Å²) in [6.07, 6.45) is -9.83. The lowest BCUT2D eigenvalue weighted by molar-refractivity contribution is -0.348. The van der Waals surface area contributed by atoms with Crippen molar-refractivity contribution >= 4 is 15.7 Å². The number of rotatable bonds is 6. The second kappa shape index (κ2) is 10.8. The molecular weight excluding hydrogens is 620 g/mol. The van der Waals surface area contributed by atoms with E-state index in [0.717, 1.165) is 30.3 Å². The van der Waals surface area contributed by atoms with E-state index in [-0.39, 0.29) is 41.7 Å². The number of aryl methyl sites for hydroxylation is 1. The first-order chi connectivity index (χ1) is 20.4. The Morgan fingerprint density at radius 3 is 2.14 bits per heavy atom. The van der Waals surface area contributed by atoms with Crippen LogP contribution < -0.4 is 5.32 Å². The van der Waals surface area contributed by atoms with Gasteiger partial charge in [0.25, 0.3) is 5.91 Å². The number of alkyl halides is 7. The fourth-order valence-electron chi connectivity index (χ4n) is 6.92. The first kappa shape index (κ1) is 31.9. The van der Waals surface area contributed by atoms with Gasteiger partial charge in [-0.15, -0.1) is 0 Å². The Morgan fingerprint density at radius 2 is 1.55 bits per heavy atom. The highest BCUT2D eigenvalue weighted by atomic mass is 32.2. The summed E-state index contributed by atoms with van der Waals surface area (Å²) >= 11 is 0. The lowest BCUT2D eigenvalue weighted by Crippen LogP contribution is -2.51. The number of fused-ring (bicyclic) bond motifs is 3. The lowest BCUT2D eigenvalue weighted by Gasteiger charge is -2.44. The van der Waals surface area contributed by atoms with E-state index in [0.29, 0.717) is 17.7 Å². The number of amides is 1. The van der Waals surface area contributed by atoms with Gasteiger partial charge in [0.05, 0.1) is 4.90 Å². The molecular formula is C30H26F8N2O3S. The molecule has 0 spiro atoms. The van der Waals surface area contributed by atoms with Crippen molar-refractivity contribution in [3.63, 3.8) is 0 Å². The van der Waals surface area contributed by atoms with Gasteiger partial charge in [0, 0.05) is 29.6 Å². The highest BCUT2D eigenvalue weighted by Crippen LogP contribution is 2.61. The molecule has 1 aromatic heterocycles. The number of halogens is 8. The maximum atomic E-state index is 15.0. The van der Waals surface area contributed by atoms with Crippen LogP contribution in [0.15, 0.2) is 71.9 Å². The van der Waals surface area contributed by atoms with Crippen LogP contribution in [0.4, 0.5) is 35.1 Å². The molecule has 1 N–H and O–H groups in total. The van der Waals surface area contributed by atoms with Crippen LogP contribution in [0.25, 0.3) is 0 Å². The van der Waals surface area contributed by atoms with Gasteiger partial charge in [-0.25, -0.2) is 17.2 Å². The Hall–Kier alpha value is -3.55. The van der Waals surface area contributed by atoms with Crippen molar-refractivity contribution in [2.45, 2.75) is 66.3 Å². The SMILES string of the molecule is CC(NC(=O)c1ccncc1)[C@@H]1CC[C@@]2(S(=O)(=O)c3ccc(F)cc3)c3ccc(C(F)(C(F)(F)F)C(F)(F)F)cc3CC[C@@H]12. The Morgan fingerprint density at radius 1 is 0.932 bits per heavy atom. The van der Waals surface area contributed by atoms with Crippen LogP contribution in [0.5, 0.6) is 0 Å². The largest absolute Gasteiger partial charge is 0.435 e. The summed E-state index contributed by atoms with van der Waals surface area (Å²) < 4.78 is 137. The quantitative estimate of drug-likeness (QED) is 0.232. The molecule has 4 atom stereocenters. The molecule has 1 unspecified atom stereocenters. The van der Waals surface area contributed by atoms with Crippen LogP contribution in [0, 0.1) is 17.7 Å². The second-order valence-corrected chi connectivity index (χ2v) is 13.4. The van der Waals surface area contributed by atoms with E-state index >= 15 is 0 Å². The number of pyridine rings is 1. The molecule has 0 bridgehead atoms. The molecule has 1 fully saturated rings. The van der Waals surface area contributed by atoms with Gasteiger partial charge in [-0.2, -0.15) is 26.3 Å². The van der Waals surface area contributed by atoms with Gasteiger partial charge < -0.3 is 5.32 Å². The second-order valence-electron chi connectivity index (χ2n) is 11.2. The number of benzene rings is 2. The van der Waals surface area contributed by atoms with E-state index in [2.05, 4.69) is 10.3 Å². The summed E-state index contributed by atoms with van der Waals surface area (Å²) in [4.78, 5) is 16.5. The van der Waals surface area contributed by atoms with E-state index in [1.165, 1.54) is 24.5 Å². The normalized spacial score (nSPS) is 23.0. The Bertz CT molecular complexity index is 1650. The molecule has 3 aromatic rings. The summed E-state index contributed by atoms with van der Waals surface area (Å²) in [6.45, 7) is 1.69. The van der Waals surface area contributed by atoms with E-state index < -0.39 is 67.8 Å². The number of hydrogen-bond donors (Lipinski definition) is 1. The molecule has 5 nitrogen and oxygen atoms in total. The molecule has 44 heavy (non-hydrogen) atoms. The number of sulfone groups is 1. The van der Waals surface area contributed by atoms with Crippen molar-refractivity contribution in [2.24, 2.45) is 11.8 Å². The number of carbonyl (C=O) groups excluding carboxylic acids is 1. The first-order valence-electron chi connectivity index (χ1n) is 13.6. The summed E-state index contributed by atoms with van der Waals surface area (Å²) in [5.74, 6) is -2.39. The third-order valence-corrected chi connectivity index (χ3v) is 11.6. The average molecular weight is 647 g/mol. The molecule has 0 radical (unpaired) electrons. The van der Waals surface area contributed by atoms with Gasteiger partial charge in [0.2, 0.25) is 0 Å². The van der Waals surface area contributed by atoms with Gasteiger partial charge in [-0.3, -0.25) is 9.78 Å². The number of aromatic nitrogens is 1. The molecule has 0 saturated heterocycles. The predicted octanol–water partition coefficient (Wildman–Crippen LogP) is 6.97. The Labute approximate surface area is 247 Å². The number of hydrogen-bond acceptors (Lipinski definition) is 4. The molecule has 236 valence electrons. The van der Waals surface area contributed by atoms with Crippen LogP contribution in [-0.4, -0.2) is 37.7 Å². The molecule has 0 aliphatic heterocycles. The van der Waals surface area contributed by atoms with Crippen molar-refractivity contribution in [3.05, 3.63) is 95.1 Å². The minimum atomic E-state index is -6.34. The number of carbonyl (C=O) groups is 1. The summed E-state index contributed by atoms with van der Waals surface area (Å²) in [5.41, 5.74) is -7.27. The molecule has 1 heterocycles. The van der Waals surface area contributed by atoms with Crippen LogP contribution in [0.3, 0.4) is 0 Å². The molecule has 5 rings (SSSR count). The van der Waals surface area contributed by atoms with Crippen molar-refractivity contribution in [1.29, 1.82) is 0 Å². The van der Waals surface area contributed by atoms with Crippen molar-refractivity contribution in [1.82, 2.24) is 10.3 Å². The predicted molar refractivity (Wildman–Crippen MR) is 142 cm³/mol. The van der Waals surface area contributed by atoms with E-state index in [1.807, 2.05) is 0 Å². The number of nitrogens with one attached hydrogen (secondary N) is 1. The van der Waals surface area contributed by atoms with Gasteiger partial charge in [-0.05, 0) is 92.0 Å². The fourth-order valence-corrected chi connectivity index (χ4v) is 9.40. The van der Waals surface area contributed by atoms with E-state index in [4.69, 9.17) is 0 Å². The van der Waals surface area contributed by atoms with Gasteiger partial charge in [-0.1, -0.05) is 18.2 Å². The smallest absolute Gasteiger partial charge is 0.349 e. The first-order valence-corrected chi connectivity index (χ1v) is 15.1. The molecule has 14 heteroatoms. The zero-order valence-corrected chi connectivity index (χ0v) is 23.8. The maximum Gasteiger partial charge on any atom is 0.435 e. The molecule has 2 aliphatic rings. The standard InChI is InChI=1S/C30H26F8N2O3S/c1-17(40-26(41)18-11-14-39-15-12-18)23-10-13-27(44(42,43)22-6-4-21(31)5-7-22)24-9-3-20(16-19(24)2-8-25(23)27)28(32,29(33,34)35)30(36,37)38/h3-7,9,11-12,14-17,23,25H,2,8,10,13H2,1H3,(H,40,41)/t17?,23-,25-,27+/m0/s1. The third-order valence-electron chi connectivity index (χ3n) is 8.98. The summed E-state index contributed by atoms with van der Waals surface area (Å²) in [6, 6.07) is 7.96. The van der Waals surface area contributed by atoms with Crippen LogP contribution in [0.1, 0.15) is 53.2 Å². The zero-order valence-electron chi connectivity index (χ0n) is 23.0. The summed E-state index contributed by atoms with van der Waals surface area (Å²) in [7, 11) is -4.47. The van der Waals surface area contributed by atoms with Crippen molar-refractivity contribution < 1.29 is 48.3 Å². The molecule has 1 amide bonds. The van der Waals surface area contributed by atoms with E-state index in [9.17, 15) is 48.3 Å². The monoisotopic (exact) mass is 646 g/mol. The van der Waals surface area contributed by atoms with E-state index in [1.54, 1.807) is 6.92 Å². The molecule has 2 aromatic carbocycles. The molecule has 1 saturated carbocycles. The minimum absolute atomic E-state index is 0.00827. The maximum absolute atomic E-state index is 15.0. The Balaban J connectivity index is 1.63. The Kier molecular flexibility index (Phi) is 7.83. The van der Waals surface area contributed by atoms with Crippen LogP contribution in [0.2, 0.25) is 0 Å². The lowest BCUT2D eigenvalue weighted by atomic mass is 9.71. The van der Waals surface area contributed by atoms with Gasteiger partial charge >= 0.3 is 18.0 Å². The average Bonchev–Trinajstić information content (AvgIpc) is 3.38. The molecule has 2 aliphatic carbocycles. The van der Waals surface area contributed by atoms with Crippen molar-refractivity contribution in [2.75, 3.05) is 0 Å². The zero-order chi connectivity index (χ0) is 32.3. The third kappa shape index (κ3) is 4.85. The van der Waals surface area contributed by atoms with Gasteiger partial charge in [0.1, 0.15) is 10.6 Å². The van der Waals surface area contributed by atoms with Crippen LogP contribution >= 0.6 is 0 Å². The highest BCUT2D eigenvalue weighted by Gasteiger charge is 2.73. The van der Waals surface area contributed by atoms with Crippen molar-refractivity contribution in [3.8, 4) is 0 Å².